The molecular formula is C16H20ClN3. The maximum atomic E-state index is 6.12. The van der Waals surface area contributed by atoms with Crippen LogP contribution in [0.2, 0.25) is 5.02 Å². The van der Waals surface area contributed by atoms with Crippen LogP contribution in [0, 0.1) is 6.92 Å². The molecule has 2 N–H and O–H groups in total. The summed E-state index contributed by atoms with van der Waals surface area (Å²) in [4.78, 5) is 6.70. The molecule has 1 aromatic carbocycles. The number of nitrogens with two attached hydrogens (primary N) is 1. The highest BCUT2D eigenvalue weighted by Crippen LogP contribution is 2.25. The van der Waals surface area contributed by atoms with Crippen LogP contribution in [0.1, 0.15) is 17.0 Å². The zero-order valence-corrected chi connectivity index (χ0v) is 12.7. The summed E-state index contributed by atoms with van der Waals surface area (Å²) in [5.74, 6) is 0. The molecule has 3 nitrogen and oxygen atoms in total. The molecule has 0 saturated heterocycles. The summed E-state index contributed by atoms with van der Waals surface area (Å²) in [7, 11) is 2.05. The summed E-state index contributed by atoms with van der Waals surface area (Å²) in [5, 5.41) is 0.741. The fraction of sp³-hybridized carbons (Fsp3) is 0.312. The molecule has 20 heavy (non-hydrogen) atoms. The van der Waals surface area contributed by atoms with Crippen LogP contribution in [0.4, 0.5) is 5.69 Å². The van der Waals surface area contributed by atoms with E-state index in [0.29, 0.717) is 6.54 Å². The van der Waals surface area contributed by atoms with Gasteiger partial charge in [0.05, 0.1) is 12.2 Å². The van der Waals surface area contributed by atoms with Crippen molar-refractivity contribution in [1.29, 1.82) is 0 Å². The molecule has 0 radical (unpaired) electrons. The van der Waals surface area contributed by atoms with E-state index in [1.54, 1.807) is 0 Å². The number of aromatic nitrogens is 1. The van der Waals surface area contributed by atoms with Crippen molar-refractivity contribution in [3.8, 4) is 0 Å². The first kappa shape index (κ1) is 14.8. The van der Waals surface area contributed by atoms with Crippen molar-refractivity contribution in [2.24, 2.45) is 5.73 Å². The Hall–Kier alpha value is -1.58. The van der Waals surface area contributed by atoms with Gasteiger partial charge in [-0.05, 0) is 49.7 Å². The molecule has 0 aliphatic carbocycles. The quantitative estimate of drug-likeness (QED) is 0.919. The number of halogens is 1. The first-order chi connectivity index (χ1) is 9.60. The summed E-state index contributed by atoms with van der Waals surface area (Å²) in [6, 6.07) is 12.0. The van der Waals surface area contributed by atoms with Crippen molar-refractivity contribution in [2.75, 3.05) is 18.5 Å². The van der Waals surface area contributed by atoms with Crippen LogP contribution in [0.15, 0.2) is 36.4 Å². The standard InChI is InChI=1S/C16H20ClN3/c1-12-4-3-5-15(19-12)11-20(2)16-10-14(17)7-6-13(16)8-9-18/h3-7,10H,8-9,11,18H2,1-2H3. The van der Waals surface area contributed by atoms with Crippen molar-refractivity contribution < 1.29 is 0 Å². The van der Waals surface area contributed by atoms with E-state index in [1.807, 2.05) is 43.3 Å². The number of nitrogens with zero attached hydrogens (tertiary/aromatic N) is 2. The average Bonchev–Trinajstić information content (AvgIpc) is 2.41. The Labute approximate surface area is 125 Å². The Bertz CT molecular complexity index is 584. The zero-order chi connectivity index (χ0) is 14.5. The number of hydrogen-bond donors (Lipinski definition) is 1. The Kier molecular flexibility index (Phi) is 4.99. The fourth-order valence-electron chi connectivity index (χ4n) is 2.27. The minimum atomic E-state index is 0.630. The minimum Gasteiger partial charge on any atom is -0.368 e. The van der Waals surface area contributed by atoms with Gasteiger partial charge in [0.25, 0.3) is 0 Å². The van der Waals surface area contributed by atoms with Gasteiger partial charge in [0.2, 0.25) is 0 Å². The maximum absolute atomic E-state index is 6.12. The van der Waals surface area contributed by atoms with Gasteiger partial charge in [0.15, 0.2) is 0 Å². The molecular weight excluding hydrogens is 270 g/mol. The summed E-state index contributed by atoms with van der Waals surface area (Å²) < 4.78 is 0. The van der Waals surface area contributed by atoms with E-state index < -0.39 is 0 Å². The molecule has 2 rings (SSSR count). The first-order valence-electron chi connectivity index (χ1n) is 6.72. The summed E-state index contributed by atoms with van der Waals surface area (Å²) in [6.45, 7) is 3.38. The third-order valence-corrected chi connectivity index (χ3v) is 3.45. The molecule has 0 aliphatic heterocycles. The topological polar surface area (TPSA) is 42.1 Å². The van der Waals surface area contributed by atoms with E-state index in [2.05, 4.69) is 16.9 Å². The third-order valence-electron chi connectivity index (χ3n) is 3.22. The number of anilines is 1. The summed E-state index contributed by atoms with van der Waals surface area (Å²) in [6.07, 6.45) is 0.845. The molecule has 0 bridgehead atoms. The smallest absolute Gasteiger partial charge is 0.0600 e. The Balaban J connectivity index is 2.23. The number of aryl methyl sites for hydroxylation is 1. The van der Waals surface area contributed by atoms with Crippen molar-refractivity contribution in [2.45, 2.75) is 19.9 Å². The molecule has 0 saturated carbocycles. The van der Waals surface area contributed by atoms with Crippen LogP contribution < -0.4 is 10.6 Å². The average molecular weight is 290 g/mol. The van der Waals surface area contributed by atoms with Gasteiger partial charge in [0.1, 0.15) is 0 Å². The van der Waals surface area contributed by atoms with E-state index in [9.17, 15) is 0 Å². The van der Waals surface area contributed by atoms with Gasteiger partial charge in [-0.25, -0.2) is 0 Å². The highest BCUT2D eigenvalue weighted by molar-refractivity contribution is 6.30. The van der Waals surface area contributed by atoms with Crippen LogP contribution in [-0.2, 0) is 13.0 Å². The van der Waals surface area contributed by atoms with E-state index in [1.165, 1.54) is 5.56 Å². The molecule has 0 fully saturated rings. The number of benzene rings is 1. The number of rotatable bonds is 5. The normalized spacial score (nSPS) is 10.6. The molecule has 0 unspecified atom stereocenters. The second-order valence-corrected chi connectivity index (χ2v) is 5.37. The lowest BCUT2D eigenvalue weighted by atomic mass is 10.1. The van der Waals surface area contributed by atoms with Crippen LogP contribution in [-0.4, -0.2) is 18.6 Å². The van der Waals surface area contributed by atoms with Crippen molar-refractivity contribution in [3.63, 3.8) is 0 Å². The predicted molar refractivity (Wildman–Crippen MR) is 85.3 cm³/mol. The number of hydrogen-bond acceptors (Lipinski definition) is 3. The predicted octanol–water partition coefficient (Wildman–Crippen LogP) is 3.18. The van der Waals surface area contributed by atoms with Gasteiger partial charge in [-0.15, -0.1) is 0 Å². The molecule has 0 atom stereocenters. The number of pyridine rings is 1. The van der Waals surface area contributed by atoms with Crippen molar-refractivity contribution in [1.82, 2.24) is 4.98 Å². The molecule has 0 spiro atoms. The minimum absolute atomic E-state index is 0.630. The highest BCUT2D eigenvalue weighted by Gasteiger charge is 2.09. The summed E-state index contributed by atoms with van der Waals surface area (Å²) in [5.41, 5.74) is 10.1. The second-order valence-electron chi connectivity index (χ2n) is 4.94. The van der Waals surface area contributed by atoms with E-state index in [-0.39, 0.29) is 0 Å². The Morgan fingerprint density at radius 2 is 2.05 bits per heavy atom. The van der Waals surface area contributed by atoms with Gasteiger partial charge in [0, 0.05) is 23.5 Å². The molecule has 1 aromatic heterocycles. The molecule has 2 aromatic rings. The SMILES string of the molecule is Cc1cccc(CN(C)c2cc(Cl)ccc2CCN)n1. The van der Waals surface area contributed by atoms with Gasteiger partial charge < -0.3 is 10.6 Å². The second kappa shape index (κ2) is 6.73. The van der Waals surface area contributed by atoms with Gasteiger partial charge >= 0.3 is 0 Å². The molecule has 0 amide bonds. The molecule has 4 heteroatoms. The van der Waals surface area contributed by atoms with Crippen molar-refractivity contribution in [3.05, 3.63) is 58.4 Å². The molecule has 1 heterocycles. The monoisotopic (exact) mass is 289 g/mol. The van der Waals surface area contributed by atoms with E-state index in [4.69, 9.17) is 17.3 Å². The van der Waals surface area contributed by atoms with Crippen LogP contribution in [0.25, 0.3) is 0 Å². The van der Waals surface area contributed by atoms with Crippen LogP contribution in [0.5, 0.6) is 0 Å². The largest absolute Gasteiger partial charge is 0.368 e. The lowest BCUT2D eigenvalue weighted by molar-refractivity contribution is 0.860. The lowest BCUT2D eigenvalue weighted by Gasteiger charge is -2.22. The van der Waals surface area contributed by atoms with E-state index >= 15 is 0 Å². The van der Waals surface area contributed by atoms with E-state index in [0.717, 1.165) is 35.1 Å². The molecule has 0 aliphatic rings. The Morgan fingerprint density at radius 1 is 1.25 bits per heavy atom. The van der Waals surface area contributed by atoms with Crippen molar-refractivity contribution >= 4 is 17.3 Å². The summed E-state index contributed by atoms with van der Waals surface area (Å²) >= 11 is 6.12. The third kappa shape index (κ3) is 3.71. The highest BCUT2D eigenvalue weighted by atomic mass is 35.5. The van der Waals surface area contributed by atoms with Gasteiger partial charge in [-0.2, -0.15) is 0 Å². The maximum Gasteiger partial charge on any atom is 0.0600 e. The van der Waals surface area contributed by atoms with Crippen LogP contribution in [0.3, 0.4) is 0 Å². The fourth-order valence-corrected chi connectivity index (χ4v) is 2.44. The Morgan fingerprint density at radius 3 is 2.75 bits per heavy atom. The molecule has 106 valence electrons. The zero-order valence-electron chi connectivity index (χ0n) is 11.9. The van der Waals surface area contributed by atoms with Gasteiger partial charge in [-0.3, -0.25) is 4.98 Å². The van der Waals surface area contributed by atoms with Gasteiger partial charge in [-0.1, -0.05) is 23.7 Å². The first-order valence-corrected chi connectivity index (χ1v) is 7.10. The van der Waals surface area contributed by atoms with Crippen LogP contribution >= 0.6 is 11.6 Å². The lowest BCUT2D eigenvalue weighted by Crippen LogP contribution is -2.19.